The number of anilines is 1. The first-order valence-electron chi connectivity index (χ1n) is 13.2. The number of carbonyl (C=O) groups excluding carboxylic acids is 4. The molecule has 1 aromatic rings. The fourth-order valence-electron chi connectivity index (χ4n) is 3.21. The van der Waals surface area contributed by atoms with Crippen molar-refractivity contribution in [3.05, 3.63) is 31.9 Å². The van der Waals surface area contributed by atoms with Gasteiger partial charge in [0.25, 0.3) is 0 Å². The van der Waals surface area contributed by atoms with Crippen molar-refractivity contribution in [2.45, 2.75) is 117 Å². The largest absolute Gasteiger partial charge is 0.468 e. The lowest BCUT2D eigenvalue weighted by molar-refractivity contribution is -0.555. The van der Waals surface area contributed by atoms with E-state index in [-0.39, 0.29) is 0 Å². The molecule has 0 saturated carbocycles. The van der Waals surface area contributed by atoms with Gasteiger partial charge in [0.15, 0.2) is 0 Å². The van der Waals surface area contributed by atoms with Gasteiger partial charge in [-0.15, -0.1) is 0 Å². The third-order valence-corrected chi connectivity index (χ3v) is 4.83. The third-order valence-electron chi connectivity index (χ3n) is 4.83. The average molecular weight is 629 g/mol. The smallest absolute Gasteiger partial charge is 0.454 e. The molecule has 0 bridgehead atoms. The molecule has 18 nitrogen and oxygen atoms in total. The van der Waals surface area contributed by atoms with Gasteiger partial charge in [0.2, 0.25) is 17.6 Å². The van der Waals surface area contributed by atoms with Crippen LogP contribution in [0.25, 0.3) is 0 Å². The molecular weight excluding hydrogens is 588 g/mol. The minimum atomic E-state index is -3.73. The Morgan fingerprint density at radius 2 is 0.773 bits per heavy atom. The van der Waals surface area contributed by atoms with Gasteiger partial charge in [-0.1, -0.05) is 0 Å². The van der Waals surface area contributed by atoms with E-state index in [1.165, 1.54) is 90.1 Å². The molecule has 0 amide bonds. The number of carbonyl (C=O) groups is 4. The maximum Gasteiger partial charge on any atom is 0.468 e. The molecule has 0 aliphatic carbocycles. The second-order valence-corrected chi connectivity index (χ2v) is 13.5. The molecule has 0 unspecified atom stereocenters. The molecular formula is C26H40N6O12. The minimum Gasteiger partial charge on any atom is -0.454 e. The van der Waals surface area contributed by atoms with Gasteiger partial charge in [-0.25, -0.2) is 24.2 Å². The summed E-state index contributed by atoms with van der Waals surface area (Å²) in [4.78, 5) is 88.4. The molecule has 0 aromatic carbocycles. The third kappa shape index (κ3) is 8.31. The Balaban J connectivity index is 4.49. The van der Waals surface area contributed by atoms with Crippen molar-refractivity contribution >= 4 is 29.8 Å². The Kier molecular flexibility index (Phi) is 10.4. The van der Waals surface area contributed by atoms with Crippen molar-refractivity contribution in [2.75, 3.05) is 12.4 Å². The number of nitro groups is 2. The summed E-state index contributed by atoms with van der Waals surface area (Å²) in [7, 11) is 1.17. The number of nitrogens with one attached hydrogen (secondary N) is 1. The Morgan fingerprint density at radius 3 is 0.932 bits per heavy atom. The summed E-state index contributed by atoms with van der Waals surface area (Å²) in [6.07, 6.45) is 0. The van der Waals surface area contributed by atoms with Crippen molar-refractivity contribution in [3.8, 4) is 0 Å². The van der Waals surface area contributed by atoms with Crippen molar-refractivity contribution in [1.82, 2.24) is 15.0 Å². The van der Waals surface area contributed by atoms with Crippen LogP contribution in [-0.4, -0.2) is 78.1 Å². The van der Waals surface area contributed by atoms with Gasteiger partial charge in [0, 0.05) is 7.05 Å². The molecule has 1 N–H and O–H groups in total. The quantitative estimate of drug-likeness (QED) is 0.135. The predicted octanol–water partition coefficient (Wildman–Crippen LogP) is 2.22. The molecule has 44 heavy (non-hydrogen) atoms. The molecule has 1 aromatic heterocycles. The number of rotatable bonds is 9. The molecule has 1 rings (SSSR count). The fourth-order valence-corrected chi connectivity index (χ4v) is 3.21. The molecule has 18 heteroatoms. The van der Waals surface area contributed by atoms with Crippen LogP contribution in [0.1, 0.15) is 94.7 Å². The van der Waals surface area contributed by atoms with E-state index in [1.54, 1.807) is 0 Å². The maximum absolute atomic E-state index is 13.6. The highest BCUT2D eigenvalue weighted by Gasteiger charge is 2.71. The second kappa shape index (κ2) is 12.2. The van der Waals surface area contributed by atoms with Gasteiger partial charge < -0.3 is 24.3 Å². The highest BCUT2D eigenvalue weighted by Crippen LogP contribution is 2.35. The Hall–Kier alpha value is -4.51. The summed E-state index contributed by atoms with van der Waals surface area (Å²) in [5.41, 5.74) is -13.1. The zero-order valence-corrected chi connectivity index (χ0v) is 27.1. The zero-order valence-electron chi connectivity index (χ0n) is 27.1. The molecule has 0 saturated heterocycles. The number of esters is 4. The number of nitrogens with zero attached hydrogens (tertiary/aromatic N) is 5. The van der Waals surface area contributed by atoms with Crippen LogP contribution in [0, 0.1) is 20.2 Å². The normalized spacial score (nSPS) is 12.9. The van der Waals surface area contributed by atoms with Crippen molar-refractivity contribution in [3.63, 3.8) is 0 Å². The van der Waals surface area contributed by atoms with Gasteiger partial charge in [0.1, 0.15) is 22.4 Å². The van der Waals surface area contributed by atoms with Crippen LogP contribution in [0.3, 0.4) is 0 Å². The van der Waals surface area contributed by atoms with Crippen LogP contribution in [0.5, 0.6) is 0 Å². The number of ether oxygens (including phenoxy) is 4. The first-order valence-corrected chi connectivity index (χ1v) is 13.2. The first kappa shape index (κ1) is 37.5. The summed E-state index contributed by atoms with van der Waals surface area (Å²) < 4.78 is 20.8. The van der Waals surface area contributed by atoms with Gasteiger partial charge >= 0.3 is 35.0 Å². The van der Waals surface area contributed by atoms with Crippen LogP contribution in [0.4, 0.5) is 5.95 Å². The number of hydrogen-bond donors (Lipinski definition) is 1. The fraction of sp³-hybridized carbons (Fsp3) is 0.731. The van der Waals surface area contributed by atoms with E-state index < -0.39 is 84.8 Å². The van der Waals surface area contributed by atoms with E-state index in [0.29, 0.717) is 0 Å². The van der Waals surface area contributed by atoms with Crippen LogP contribution in [0.2, 0.25) is 0 Å². The lowest BCUT2D eigenvalue weighted by Crippen LogP contribution is -2.58. The highest BCUT2D eigenvalue weighted by atomic mass is 16.7. The van der Waals surface area contributed by atoms with Crippen LogP contribution < -0.4 is 5.32 Å². The van der Waals surface area contributed by atoms with E-state index in [1.807, 2.05) is 0 Å². The molecule has 0 aliphatic heterocycles. The van der Waals surface area contributed by atoms with Crippen molar-refractivity contribution in [1.29, 1.82) is 0 Å². The molecule has 1 heterocycles. The van der Waals surface area contributed by atoms with Gasteiger partial charge in [0.05, 0.1) is 9.85 Å². The molecule has 0 fully saturated rings. The molecule has 0 radical (unpaired) electrons. The predicted molar refractivity (Wildman–Crippen MR) is 150 cm³/mol. The summed E-state index contributed by atoms with van der Waals surface area (Å²) in [5.74, 6) is -10.8. The standard InChI is InChI=1S/C26H40N6O12/c1-21(2,3)41-16(33)25(31(37)38,17(34)42-22(4,5)6)14-28-15(30-20(27-13)29-14)26(32(39)40,18(35)43-23(7,8)9)19(36)44-24(10,11)12/h1-13H3,(H,27,28,29,30). The molecule has 0 spiro atoms. The lowest BCUT2D eigenvalue weighted by atomic mass is 9.95. The van der Waals surface area contributed by atoms with Crippen molar-refractivity contribution < 1.29 is 48.0 Å². The van der Waals surface area contributed by atoms with E-state index in [9.17, 15) is 39.4 Å². The van der Waals surface area contributed by atoms with Gasteiger partial charge in [-0.05, 0) is 83.1 Å². The SMILES string of the molecule is CNc1nc(C(C(=O)OC(C)(C)C)(C(=O)OC(C)(C)C)[N+](=O)[O-])nc(C(C(=O)OC(C)(C)C)(C(=O)OC(C)(C)C)[N+](=O)[O-])n1. The highest BCUT2D eigenvalue weighted by molar-refractivity contribution is 6.05. The zero-order chi connectivity index (χ0) is 34.9. The Labute approximate surface area is 253 Å². The summed E-state index contributed by atoms with van der Waals surface area (Å²) in [6.45, 7) is 16.2. The molecule has 0 atom stereocenters. The molecule has 0 aliphatic rings. The first-order chi connectivity index (χ1) is 19.5. The number of hydrogen-bond acceptors (Lipinski definition) is 16. The van der Waals surface area contributed by atoms with E-state index in [2.05, 4.69) is 20.3 Å². The van der Waals surface area contributed by atoms with Crippen molar-refractivity contribution in [2.24, 2.45) is 0 Å². The topological polar surface area (TPSA) is 242 Å². The molecule has 246 valence electrons. The van der Waals surface area contributed by atoms with Gasteiger partial charge in [-0.3, -0.25) is 20.2 Å². The van der Waals surface area contributed by atoms with Crippen LogP contribution >= 0.6 is 0 Å². The summed E-state index contributed by atoms with van der Waals surface area (Å²) in [6, 6.07) is 0. The van der Waals surface area contributed by atoms with Crippen LogP contribution in [0.15, 0.2) is 0 Å². The summed E-state index contributed by atoms with van der Waals surface area (Å²) in [5, 5.41) is 27.9. The second-order valence-electron chi connectivity index (χ2n) is 13.5. The summed E-state index contributed by atoms with van der Waals surface area (Å²) >= 11 is 0. The van der Waals surface area contributed by atoms with Crippen LogP contribution in [-0.2, 0) is 49.2 Å². The Morgan fingerprint density at radius 1 is 0.545 bits per heavy atom. The maximum atomic E-state index is 13.6. The number of aromatic nitrogens is 3. The average Bonchev–Trinajstić information content (AvgIpc) is 2.74. The monoisotopic (exact) mass is 628 g/mol. The van der Waals surface area contributed by atoms with Gasteiger partial charge in [-0.2, -0.15) is 9.97 Å². The minimum absolute atomic E-state index is 0.721. The van der Waals surface area contributed by atoms with E-state index in [4.69, 9.17) is 18.9 Å². The Bertz CT molecular complexity index is 1180. The lowest BCUT2D eigenvalue weighted by Gasteiger charge is -2.30. The van der Waals surface area contributed by atoms with E-state index >= 15 is 0 Å². The van der Waals surface area contributed by atoms with E-state index in [0.717, 1.165) is 0 Å².